The van der Waals surface area contributed by atoms with Gasteiger partial charge in [0.05, 0.1) is 30.4 Å². The predicted molar refractivity (Wildman–Crippen MR) is 222 cm³/mol. The molecule has 12 atom stereocenters. The summed E-state index contributed by atoms with van der Waals surface area (Å²) >= 11 is 0. The number of aldehydes is 1. The number of nitrogens with one attached hydrogen (secondary N) is 1. The molecule has 8 rings (SSSR count). The van der Waals surface area contributed by atoms with Crippen molar-refractivity contribution in [2.24, 2.45) is 11.3 Å². The zero-order valence-electron chi connectivity index (χ0n) is 34.9. The number of allylic oxidation sites excluding steroid dienone is 1. The number of anilines is 2. The number of fused-ring (bicyclic) bond motifs is 4. The minimum absolute atomic E-state index is 0.0113. The highest BCUT2D eigenvalue weighted by atomic mass is 16.6. The first-order valence-corrected chi connectivity index (χ1v) is 21.2. The Bertz CT molecular complexity index is 1910. The van der Waals surface area contributed by atoms with Gasteiger partial charge in [-0.25, -0.2) is 0 Å². The largest absolute Gasteiger partial charge is 0.496 e. The van der Waals surface area contributed by atoms with Crippen molar-refractivity contribution in [2.75, 3.05) is 64.2 Å². The molecule has 3 fully saturated rings. The molecule has 0 bridgehead atoms. The highest BCUT2D eigenvalue weighted by molar-refractivity contribution is 5.79. The number of nitrogens with zero attached hydrogens (tertiary/aromatic N) is 3. The van der Waals surface area contributed by atoms with Gasteiger partial charge in [0, 0.05) is 85.6 Å². The van der Waals surface area contributed by atoms with E-state index >= 15 is 0 Å². The second-order valence-electron chi connectivity index (χ2n) is 18.2. The second-order valence-corrected chi connectivity index (χ2v) is 18.2. The van der Waals surface area contributed by atoms with Gasteiger partial charge in [-0.05, 0) is 81.3 Å². The molecule has 2 saturated heterocycles. The average Bonchev–Trinajstić information content (AvgIpc) is 3.87. The summed E-state index contributed by atoms with van der Waals surface area (Å²) in [7, 11) is 5.25. The first-order valence-electron chi connectivity index (χ1n) is 21.2. The number of aliphatic hydroxyl groups is 3. The summed E-state index contributed by atoms with van der Waals surface area (Å²) in [6.07, 6.45) is 6.05. The number of benzene rings is 2. The molecular formula is C46H64N4O7. The van der Waals surface area contributed by atoms with Crippen molar-refractivity contribution >= 4 is 17.7 Å². The van der Waals surface area contributed by atoms with Crippen LogP contribution in [0, 0.1) is 11.3 Å². The van der Waals surface area contributed by atoms with Crippen LogP contribution in [0.4, 0.5) is 11.4 Å². The molecule has 0 aromatic heterocycles. The first-order chi connectivity index (χ1) is 27.3. The molecule has 5 aliphatic heterocycles. The van der Waals surface area contributed by atoms with Gasteiger partial charge >= 0.3 is 0 Å². The van der Waals surface area contributed by atoms with Crippen molar-refractivity contribution in [3.8, 4) is 5.75 Å². The molecule has 310 valence electrons. The topological polar surface area (TPSA) is 127 Å². The Kier molecular flexibility index (Phi) is 10.4. The third-order valence-corrected chi connectivity index (χ3v) is 15.2. The molecule has 1 aliphatic carbocycles. The van der Waals surface area contributed by atoms with Crippen molar-refractivity contribution in [3.63, 3.8) is 0 Å². The van der Waals surface area contributed by atoms with Gasteiger partial charge in [-0.2, -0.15) is 0 Å². The van der Waals surface area contributed by atoms with Gasteiger partial charge in [0.1, 0.15) is 11.9 Å². The van der Waals surface area contributed by atoms with Gasteiger partial charge in [-0.3, -0.25) is 9.69 Å². The van der Waals surface area contributed by atoms with Crippen LogP contribution in [-0.4, -0.2) is 128 Å². The summed E-state index contributed by atoms with van der Waals surface area (Å²) in [6.45, 7) is 16.0. The van der Waals surface area contributed by atoms with Gasteiger partial charge in [-0.15, -0.1) is 0 Å². The Morgan fingerprint density at radius 2 is 1.89 bits per heavy atom. The smallest absolute Gasteiger partial charge is 0.178 e. The molecule has 0 amide bonds. The number of methoxy groups -OCH3 is 2. The summed E-state index contributed by atoms with van der Waals surface area (Å²) in [6, 6.07) is 11.8. The summed E-state index contributed by atoms with van der Waals surface area (Å²) in [5.74, 6) is 1.18. The molecule has 11 nitrogen and oxygen atoms in total. The maximum atomic E-state index is 13.7. The lowest BCUT2D eigenvalue weighted by atomic mass is 9.48. The van der Waals surface area contributed by atoms with E-state index in [-0.39, 0.29) is 23.9 Å². The molecule has 11 heteroatoms. The van der Waals surface area contributed by atoms with Crippen molar-refractivity contribution in [1.82, 2.24) is 9.80 Å². The van der Waals surface area contributed by atoms with Crippen molar-refractivity contribution in [3.05, 3.63) is 77.6 Å². The van der Waals surface area contributed by atoms with Gasteiger partial charge < -0.3 is 44.6 Å². The summed E-state index contributed by atoms with van der Waals surface area (Å²) in [5.41, 5.74) is 0.763. The Morgan fingerprint density at radius 3 is 2.58 bits per heavy atom. The fourth-order valence-corrected chi connectivity index (χ4v) is 13.3. The third kappa shape index (κ3) is 5.62. The molecule has 57 heavy (non-hydrogen) atoms. The molecule has 4 N–H and O–H groups in total. The molecule has 1 saturated carbocycles. The minimum atomic E-state index is -1.90. The molecule has 2 aromatic rings. The van der Waals surface area contributed by atoms with Crippen LogP contribution >= 0.6 is 0 Å². The Morgan fingerprint density at radius 1 is 1.12 bits per heavy atom. The Hall–Kier alpha value is -3.45. The lowest BCUT2D eigenvalue weighted by Gasteiger charge is -2.63. The number of rotatable bonds is 11. The number of β-amino-alcohol motifs (C(OH)–C–C–N with tert-alkyl or cyclic N) is 1. The molecule has 5 unspecified atom stereocenters. The predicted octanol–water partition coefficient (Wildman–Crippen LogP) is 4.94. The van der Waals surface area contributed by atoms with Crippen LogP contribution < -0.4 is 15.0 Å². The van der Waals surface area contributed by atoms with E-state index in [9.17, 15) is 20.1 Å². The molecular weight excluding hydrogens is 721 g/mol. The van der Waals surface area contributed by atoms with Gasteiger partial charge in [-0.1, -0.05) is 57.7 Å². The van der Waals surface area contributed by atoms with Crippen molar-refractivity contribution < 1.29 is 34.3 Å². The van der Waals surface area contributed by atoms with Crippen LogP contribution in [0.5, 0.6) is 5.75 Å². The van der Waals surface area contributed by atoms with Crippen molar-refractivity contribution in [1.29, 1.82) is 0 Å². The van der Waals surface area contributed by atoms with E-state index in [1.165, 1.54) is 5.56 Å². The average molecular weight is 785 g/mol. The van der Waals surface area contributed by atoms with E-state index in [4.69, 9.17) is 14.2 Å². The van der Waals surface area contributed by atoms with E-state index < -0.39 is 46.4 Å². The first kappa shape index (κ1) is 40.3. The number of hydrogen-bond acceptors (Lipinski definition) is 11. The number of ether oxygens (including phenoxy) is 3. The van der Waals surface area contributed by atoms with E-state index in [0.717, 1.165) is 67.8 Å². The van der Waals surface area contributed by atoms with Crippen LogP contribution in [0.15, 0.2) is 60.9 Å². The molecule has 1 spiro atoms. The Labute approximate surface area is 338 Å². The molecule has 2 aromatic carbocycles. The number of likely N-dealkylation sites (N-methyl/N-ethyl adjacent to an activating group) is 1. The standard InChI is InChI=1S/C46H64N4O7/c1-9-30(52)26-49-20-16-32-31-14-11-12-15-35(31)47-38(32)45(42(53)56-8,24-29(5)25-49)34-22-33-36(23-37(34)55-7)48(6)40-44(33)18-21-50-19-13-17-43(10-2,39(44)50)41(57-28(3)4)46(40,54)27-51/h11-15,17,22-23,27,29-30,32,38-42,47,52-54H,3,9-10,16,18-21,24-26H2,1-2,4-8H3/t29-,30-,32?,38?,39?,40-,41-,42?,43?,44-,45+,46+/m1/s1. The highest BCUT2D eigenvalue weighted by Gasteiger charge is 2.78. The lowest BCUT2D eigenvalue weighted by Crippen LogP contribution is -2.79. The molecule has 5 heterocycles. The quantitative estimate of drug-likeness (QED) is 0.107. The lowest BCUT2D eigenvalue weighted by molar-refractivity contribution is -0.198. The van der Waals surface area contributed by atoms with E-state index in [0.29, 0.717) is 37.3 Å². The summed E-state index contributed by atoms with van der Waals surface area (Å²) in [4.78, 5) is 20.7. The molecule has 6 aliphatic rings. The zero-order chi connectivity index (χ0) is 40.7. The monoisotopic (exact) mass is 784 g/mol. The van der Waals surface area contributed by atoms with Gasteiger partial charge in [0.2, 0.25) is 0 Å². The second kappa shape index (κ2) is 14.7. The highest BCUT2D eigenvalue weighted by Crippen LogP contribution is 2.68. The normalized spacial score (nSPS) is 38.0. The van der Waals surface area contributed by atoms with Gasteiger partial charge in [0.25, 0.3) is 0 Å². The van der Waals surface area contributed by atoms with Crippen LogP contribution in [0.2, 0.25) is 0 Å². The van der Waals surface area contributed by atoms with Crippen LogP contribution in [0.3, 0.4) is 0 Å². The third-order valence-electron chi connectivity index (χ3n) is 15.2. The van der Waals surface area contributed by atoms with Crippen LogP contribution in [-0.2, 0) is 25.1 Å². The molecule has 0 radical (unpaired) electrons. The number of carbonyl (C=O) groups excluding carboxylic acids is 1. The van der Waals surface area contributed by atoms with Crippen LogP contribution in [0.1, 0.15) is 82.4 Å². The Balaban J connectivity index is 1.38. The summed E-state index contributed by atoms with van der Waals surface area (Å²) in [5, 5.41) is 40.5. The fraction of sp³-hybridized carbons (Fsp3) is 0.630. The van der Waals surface area contributed by atoms with E-state index in [2.05, 4.69) is 89.0 Å². The van der Waals surface area contributed by atoms with Gasteiger partial charge in [0.15, 0.2) is 18.2 Å². The number of para-hydroxylation sites is 1. The van der Waals surface area contributed by atoms with E-state index in [1.807, 2.05) is 14.0 Å². The minimum Gasteiger partial charge on any atom is -0.496 e. The SMILES string of the molecule is C=C(C)O[C@@H]1C2(CC)C=CCN3CC[C@@]4(c5cc([C@@]6(C(O)OC)C[C@@H](C)CN(C[C@H](O)CC)CCC7c8ccccc8NC76)c(OC)cc5N(C)[C@H]4[C@@]1(O)C=O)C32. The maximum Gasteiger partial charge on any atom is 0.178 e. The summed E-state index contributed by atoms with van der Waals surface area (Å²) < 4.78 is 19.1. The zero-order valence-corrected chi connectivity index (χ0v) is 34.9. The maximum absolute atomic E-state index is 13.7. The number of aliphatic hydroxyl groups excluding tert-OH is 2. The van der Waals surface area contributed by atoms with E-state index in [1.54, 1.807) is 21.1 Å². The number of carbonyl (C=O) groups is 1. The fourth-order valence-electron chi connectivity index (χ4n) is 13.3. The number of hydrogen-bond donors (Lipinski definition) is 4. The van der Waals surface area contributed by atoms with Crippen molar-refractivity contribution in [2.45, 2.75) is 119 Å². The van der Waals surface area contributed by atoms with Crippen LogP contribution in [0.25, 0.3) is 0 Å².